The molecule has 0 aliphatic carbocycles. The van der Waals surface area contributed by atoms with Crippen LogP contribution in [0.2, 0.25) is 12.6 Å². The Balaban J connectivity index is 1.97. The number of anilines is 1. The molecule has 1 heterocycles. The van der Waals surface area contributed by atoms with E-state index in [1.54, 1.807) is 7.11 Å². The second-order valence-electron chi connectivity index (χ2n) is 4.61. The zero-order valence-electron chi connectivity index (χ0n) is 10.7. The number of nitrogens with zero attached hydrogens (tertiary/aromatic N) is 1. The Morgan fingerprint density at radius 1 is 1.24 bits per heavy atom. The Hall–Kier alpha value is -0.843. The van der Waals surface area contributed by atoms with Crippen LogP contribution in [-0.4, -0.2) is 35.4 Å². The fraction of sp³-hybridized carbons (Fsp3) is 0.538. The van der Waals surface area contributed by atoms with Crippen LogP contribution in [0, 0.1) is 0 Å². The Morgan fingerprint density at radius 3 is 2.71 bits per heavy atom. The molecule has 2 rings (SSSR count). The highest BCUT2D eigenvalue weighted by atomic mass is 28.4. The molecular formula is C13H21NO2Si. The molecule has 1 atom stereocenters. The number of hydrogen-bond donors (Lipinski definition) is 0. The summed E-state index contributed by atoms with van der Waals surface area (Å²) in [5.74, 6) is 0. The molecule has 0 aromatic heterocycles. The van der Waals surface area contributed by atoms with Crippen molar-refractivity contribution in [1.29, 1.82) is 0 Å². The first kappa shape index (κ1) is 12.6. The van der Waals surface area contributed by atoms with Gasteiger partial charge >= 0.3 is 8.56 Å². The summed E-state index contributed by atoms with van der Waals surface area (Å²) in [6.45, 7) is 4.98. The summed E-state index contributed by atoms with van der Waals surface area (Å²) in [6.07, 6.45) is 1.14. The molecule has 0 saturated carbocycles. The quantitative estimate of drug-likeness (QED) is 0.754. The SMILES string of the molecule is CO[Si]1(C)CCCN(c2ccccc2)CCO1. The molecule has 1 aliphatic rings. The molecule has 1 unspecified atom stereocenters. The van der Waals surface area contributed by atoms with Gasteiger partial charge in [-0.05, 0) is 31.1 Å². The Bertz CT molecular complexity index is 335. The molecule has 1 aliphatic heterocycles. The molecule has 3 nitrogen and oxygen atoms in total. The highest BCUT2D eigenvalue weighted by molar-refractivity contribution is 6.66. The van der Waals surface area contributed by atoms with Crippen LogP contribution in [0.4, 0.5) is 5.69 Å². The van der Waals surface area contributed by atoms with E-state index in [1.165, 1.54) is 5.69 Å². The number of para-hydroxylation sites is 1. The van der Waals surface area contributed by atoms with Gasteiger partial charge in [-0.15, -0.1) is 0 Å². The van der Waals surface area contributed by atoms with Gasteiger partial charge in [0.25, 0.3) is 0 Å². The van der Waals surface area contributed by atoms with Crippen LogP contribution in [-0.2, 0) is 8.85 Å². The normalized spacial score (nSPS) is 26.4. The highest BCUT2D eigenvalue weighted by Crippen LogP contribution is 2.21. The molecule has 1 aromatic carbocycles. The summed E-state index contributed by atoms with van der Waals surface area (Å²) in [7, 11) is -0.0698. The lowest BCUT2D eigenvalue weighted by Crippen LogP contribution is -2.43. The summed E-state index contributed by atoms with van der Waals surface area (Å²) < 4.78 is 11.5. The van der Waals surface area contributed by atoms with Gasteiger partial charge in [0.1, 0.15) is 0 Å². The van der Waals surface area contributed by atoms with Crippen LogP contribution >= 0.6 is 0 Å². The van der Waals surface area contributed by atoms with Crippen LogP contribution in [0.15, 0.2) is 30.3 Å². The van der Waals surface area contributed by atoms with Crippen LogP contribution in [0.3, 0.4) is 0 Å². The first-order valence-electron chi connectivity index (χ1n) is 6.23. The maximum atomic E-state index is 5.95. The molecule has 0 N–H and O–H groups in total. The second kappa shape index (κ2) is 5.66. The molecule has 17 heavy (non-hydrogen) atoms. The molecular weight excluding hydrogens is 230 g/mol. The number of hydrogen-bond acceptors (Lipinski definition) is 3. The summed E-state index contributed by atoms with van der Waals surface area (Å²) >= 11 is 0. The van der Waals surface area contributed by atoms with Gasteiger partial charge in [-0.25, -0.2) is 0 Å². The van der Waals surface area contributed by atoms with Crippen LogP contribution < -0.4 is 4.90 Å². The van der Waals surface area contributed by atoms with Gasteiger partial charge in [0.05, 0.1) is 6.61 Å². The standard InChI is InChI=1S/C13H21NO2Si/c1-15-17(2)12-6-9-14(10-11-16-17)13-7-4-3-5-8-13/h3-5,7-8H,6,9-12H2,1-2H3. The summed E-state index contributed by atoms with van der Waals surface area (Å²) in [5, 5.41) is 0. The largest absolute Gasteiger partial charge is 0.398 e. The van der Waals surface area contributed by atoms with E-state index in [1.807, 2.05) is 0 Å². The maximum absolute atomic E-state index is 5.95. The smallest absolute Gasteiger partial charge is 0.334 e. The predicted molar refractivity (Wildman–Crippen MR) is 72.7 cm³/mol. The van der Waals surface area contributed by atoms with Gasteiger partial charge < -0.3 is 13.8 Å². The Labute approximate surface area is 105 Å². The molecule has 1 fully saturated rings. The van der Waals surface area contributed by atoms with Gasteiger partial charge in [0.15, 0.2) is 0 Å². The Kier molecular flexibility index (Phi) is 4.20. The van der Waals surface area contributed by atoms with Gasteiger partial charge in [-0.3, -0.25) is 0 Å². The molecule has 0 amide bonds. The van der Waals surface area contributed by atoms with Crippen molar-refractivity contribution in [2.75, 3.05) is 31.7 Å². The Morgan fingerprint density at radius 2 is 2.00 bits per heavy atom. The van der Waals surface area contributed by atoms with Crippen molar-refractivity contribution in [1.82, 2.24) is 0 Å². The van der Waals surface area contributed by atoms with Crippen molar-refractivity contribution in [3.63, 3.8) is 0 Å². The lowest BCUT2D eigenvalue weighted by molar-refractivity contribution is 0.203. The van der Waals surface area contributed by atoms with Crippen molar-refractivity contribution < 1.29 is 8.85 Å². The van der Waals surface area contributed by atoms with E-state index < -0.39 is 8.56 Å². The van der Waals surface area contributed by atoms with Gasteiger partial charge in [-0.1, -0.05) is 18.2 Å². The molecule has 0 spiro atoms. The van der Waals surface area contributed by atoms with E-state index in [9.17, 15) is 0 Å². The van der Waals surface area contributed by atoms with E-state index in [0.717, 1.165) is 32.2 Å². The third-order valence-corrected chi connectivity index (χ3v) is 6.32. The average molecular weight is 251 g/mol. The number of benzene rings is 1. The van der Waals surface area contributed by atoms with Crippen molar-refractivity contribution in [3.8, 4) is 0 Å². The third-order valence-electron chi connectivity index (χ3n) is 3.38. The van der Waals surface area contributed by atoms with Crippen molar-refractivity contribution in [2.45, 2.75) is 19.0 Å². The average Bonchev–Trinajstić information content (AvgIpc) is 2.35. The fourth-order valence-electron chi connectivity index (χ4n) is 2.20. The first-order chi connectivity index (χ1) is 8.23. The van der Waals surface area contributed by atoms with Crippen LogP contribution in [0.5, 0.6) is 0 Å². The molecule has 0 bridgehead atoms. The summed E-state index contributed by atoms with van der Waals surface area (Å²) in [6, 6.07) is 11.6. The molecule has 4 heteroatoms. The first-order valence-corrected chi connectivity index (χ1v) is 8.75. The maximum Gasteiger partial charge on any atom is 0.334 e. The highest BCUT2D eigenvalue weighted by Gasteiger charge is 2.31. The minimum Gasteiger partial charge on any atom is -0.398 e. The van der Waals surface area contributed by atoms with E-state index in [2.05, 4.69) is 41.8 Å². The third kappa shape index (κ3) is 3.31. The van der Waals surface area contributed by atoms with Crippen molar-refractivity contribution >= 4 is 14.2 Å². The van der Waals surface area contributed by atoms with E-state index in [0.29, 0.717) is 0 Å². The lowest BCUT2D eigenvalue weighted by Gasteiger charge is -2.33. The lowest BCUT2D eigenvalue weighted by atomic mass is 10.2. The monoisotopic (exact) mass is 251 g/mol. The summed E-state index contributed by atoms with van der Waals surface area (Å²) in [4.78, 5) is 2.39. The van der Waals surface area contributed by atoms with Gasteiger partial charge in [0, 0.05) is 25.9 Å². The summed E-state index contributed by atoms with van der Waals surface area (Å²) in [5.41, 5.74) is 1.29. The molecule has 1 saturated heterocycles. The van der Waals surface area contributed by atoms with Gasteiger partial charge in [-0.2, -0.15) is 0 Å². The van der Waals surface area contributed by atoms with Crippen LogP contribution in [0.1, 0.15) is 6.42 Å². The molecule has 0 radical (unpaired) electrons. The number of rotatable bonds is 2. The van der Waals surface area contributed by atoms with Crippen molar-refractivity contribution in [3.05, 3.63) is 30.3 Å². The zero-order valence-corrected chi connectivity index (χ0v) is 11.7. The fourth-order valence-corrected chi connectivity index (χ4v) is 3.99. The molecule has 1 aromatic rings. The van der Waals surface area contributed by atoms with E-state index >= 15 is 0 Å². The van der Waals surface area contributed by atoms with Gasteiger partial charge in [0.2, 0.25) is 0 Å². The van der Waals surface area contributed by atoms with Crippen molar-refractivity contribution in [2.24, 2.45) is 0 Å². The molecule has 94 valence electrons. The topological polar surface area (TPSA) is 21.7 Å². The predicted octanol–water partition coefficient (Wildman–Crippen LogP) is 2.63. The zero-order chi connectivity index (χ0) is 12.1. The van der Waals surface area contributed by atoms with E-state index in [-0.39, 0.29) is 0 Å². The van der Waals surface area contributed by atoms with Crippen LogP contribution in [0.25, 0.3) is 0 Å². The minimum absolute atomic E-state index is 0.769. The second-order valence-corrected chi connectivity index (χ2v) is 8.08. The van der Waals surface area contributed by atoms with E-state index in [4.69, 9.17) is 8.85 Å². The minimum atomic E-state index is -1.85.